The van der Waals surface area contributed by atoms with Crippen LogP contribution in [0.15, 0.2) is 52.3 Å². The number of aryl methyl sites for hydroxylation is 1. The Hall–Kier alpha value is -3.26. The number of anilines is 1. The van der Waals surface area contributed by atoms with Crippen molar-refractivity contribution in [3.8, 4) is 11.3 Å². The maximum absolute atomic E-state index is 11.9. The number of aromatic nitrogens is 1. The Morgan fingerprint density at radius 2 is 2.12 bits per heavy atom. The van der Waals surface area contributed by atoms with E-state index in [-0.39, 0.29) is 11.6 Å². The largest absolute Gasteiger partial charge is 0.456 e. The van der Waals surface area contributed by atoms with Crippen LogP contribution in [0.3, 0.4) is 0 Å². The molecule has 0 aliphatic rings. The molecular weight excluding hydrogens is 342 g/mol. The van der Waals surface area contributed by atoms with Gasteiger partial charge < -0.3 is 4.42 Å². The van der Waals surface area contributed by atoms with Crippen molar-refractivity contribution in [1.82, 2.24) is 4.98 Å². The zero-order chi connectivity index (χ0) is 17.8. The van der Waals surface area contributed by atoms with Gasteiger partial charge in [-0.15, -0.1) is 11.3 Å². The van der Waals surface area contributed by atoms with Crippen LogP contribution in [0.1, 0.15) is 11.5 Å². The highest BCUT2D eigenvalue weighted by Gasteiger charge is 2.16. The number of nitrogens with one attached hydrogen (secondary N) is 1. The molecular formula is C17H13N3O4S. The number of nitro benzene ring substituents is 1. The topological polar surface area (TPSA) is 98.3 Å². The number of nitrogens with zero attached hydrogens (tertiary/aromatic N) is 2. The molecule has 0 unspecified atom stereocenters. The summed E-state index contributed by atoms with van der Waals surface area (Å²) in [5, 5.41) is 16.1. The lowest BCUT2D eigenvalue weighted by Gasteiger charge is -1.98. The zero-order valence-electron chi connectivity index (χ0n) is 13.1. The van der Waals surface area contributed by atoms with Gasteiger partial charge in [0, 0.05) is 17.5 Å². The number of furan rings is 1. The van der Waals surface area contributed by atoms with Crippen LogP contribution in [0.25, 0.3) is 17.4 Å². The minimum absolute atomic E-state index is 0.0377. The number of carbonyl (C=O) groups excluding carboxylic acids is 1. The van der Waals surface area contributed by atoms with Gasteiger partial charge in [-0.25, -0.2) is 4.98 Å². The summed E-state index contributed by atoms with van der Waals surface area (Å²) in [6, 6.07) is 9.59. The third-order valence-corrected chi connectivity index (χ3v) is 4.12. The van der Waals surface area contributed by atoms with Crippen molar-refractivity contribution >= 4 is 34.1 Å². The van der Waals surface area contributed by atoms with Crippen molar-refractivity contribution in [2.45, 2.75) is 6.92 Å². The number of rotatable bonds is 5. The number of nitro groups is 1. The van der Waals surface area contributed by atoms with E-state index < -0.39 is 4.92 Å². The van der Waals surface area contributed by atoms with Crippen molar-refractivity contribution in [3.05, 3.63) is 69.4 Å². The van der Waals surface area contributed by atoms with Gasteiger partial charge in [0.15, 0.2) is 5.13 Å². The van der Waals surface area contributed by atoms with E-state index in [4.69, 9.17) is 4.42 Å². The van der Waals surface area contributed by atoms with Crippen LogP contribution < -0.4 is 5.32 Å². The van der Waals surface area contributed by atoms with E-state index in [1.54, 1.807) is 30.3 Å². The lowest BCUT2D eigenvalue weighted by atomic mass is 10.1. The predicted octanol–water partition coefficient (Wildman–Crippen LogP) is 4.27. The Labute approximate surface area is 146 Å². The Balaban J connectivity index is 1.73. The maximum atomic E-state index is 11.9. The molecule has 0 aliphatic heterocycles. The van der Waals surface area contributed by atoms with E-state index >= 15 is 0 Å². The average Bonchev–Trinajstić information content (AvgIpc) is 3.22. The van der Waals surface area contributed by atoms with E-state index in [0.29, 0.717) is 22.2 Å². The van der Waals surface area contributed by atoms with Gasteiger partial charge in [0.1, 0.15) is 11.5 Å². The molecule has 126 valence electrons. The summed E-state index contributed by atoms with van der Waals surface area (Å²) >= 11 is 1.34. The first kappa shape index (κ1) is 16.6. The molecule has 0 saturated heterocycles. The first-order valence-corrected chi connectivity index (χ1v) is 8.16. The molecule has 0 radical (unpaired) electrons. The van der Waals surface area contributed by atoms with E-state index in [1.807, 2.05) is 12.3 Å². The smallest absolute Gasteiger partial charge is 0.280 e. The molecule has 3 aromatic rings. The van der Waals surface area contributed by atoms with Gasteiger partial charge in [-0.2, -0.15) is 0 Å². The Bertz CT molecular complexity index is 958. The van der Waals surface area contributed by atoms with Gasteiger partial charge in [0.25, 0.3) is 5.69 Å². The molecule has 1 amide bonds. The summed E-state index contributed by atoms with van der Waals surface area (Å²) in [6.07, 6.45) is 2.81. The third kappa shape index (κ3) is 3.99. The van der Waals surface area contributed by atoms with Crippen LogP contribution in [0, 0.1) is 17.0 Å². The maximum Gasteiger partial charge on any atom is 0.280 e. The van der Waals surface area contributed by atoms with Gasteiger partial charge in [-0.3, -0.25) is 20.2 Å². The summed E-state index contributed by atoms with van der Waals surface area (Å²) in [5.74, 6) is 0.444. The van der Waals surface area contributed by atoms with E-state index in [0.717, 1.165) is 5.69 Å². The second-order valence-corrected chi connectivity index (χ2v) is 5.95. The second-order valence-electron chi connectivity index (χ2n) is 5.09. The van der Waals surface area contributed by atoms with E-state index in [2.05, 4.69) is 10.3 Å². The van der Waals surface area contributed by atoms with Crippen molar-refractivity contribution in [2.24, 2.45) is 0 Å². The molecule has 8 heteroatoms. The van der Waals surface area contributed by atoms with Crippen molar-refractivity contribution in [3.63, 3.8) is 0 Å². The second kappa shape index (κ2) is 7.10. The van der Waals surface area contributed by atoms with Crippen molar-refractivity contribution in [1.29, 1.82) is 0 Å². The first-order valence-electron chi connectivity index (χ1n) is 7.28. The lowest BCUT2D eigenvalue weighted by Crippen LogP contribution is -2.07. The molecule has 1 aromatic carbocycles. The number of benzene rings is 1. The van der Waals surface area contributed by atoms with Crippen LogP contribution in [0.5, 0.6) is 0 Å². The van der Waals surface area contributed by atoms with E-state index in [9.17, 15) is 14.9 Å². The number of amides is 1. The minimum atomic E-state index is -0.461. The molecule has 0 fully saturated rings. The summed E-state index contributed by atoms with van der Waals surface area (Å²) in [7, 11) is 0. The molecule has 7 nitrogen and oxygen atoms in total. The molecule has 1 N–H and O–H groups in total. The quantitative estimate of drug-likeness (QED) is 0.418. The molecule has 0 aliphatic carbocycles. The number of hydrogen-bond acceptors (Lipinski definition) is 6. The molecule has 0 bridgehead atoms. The highest BCUT2D eigenvalue weighted by atomic mass is 32.1. The predicted molar refractivity (Wildman–Crippen MR) is 95.3 cm³/mol. The Morgan fingerprint density at radius 3 is 2.84 bits per heavy atom. The fourth-order valence-corrected chi connectivity index (χ4v) is 2.84. The molecule has 25 heavy (non-hydrogen) atoms. The van der Waals surface area contributed by atoms with Gasteiger partial charge in [0.05, 0.1) is 16.2 Å². The highest BCUT2D eigenvalue weighted by molar-refractivity contribution is 7.13. The zero-order valence-corrected chi connectivity index (χ0v) is 13.9. The van der Waals surface area contributed by atoms with Gasteiger partial charge in [0.2, 0.25) is 5.91 Å². The van der Waals surface area contributed by atoms with Gasteiger partial charge in [-0.05, 0) is 31.2 Å². The first-order chi connectivity index (χ1) is 12.0. The normalized spacial score (nSPS) is 10.9. The fraction of sp³-hybridized carbons (Fsp3) is 0.0588. The summed E-state index contributed by atoms with van der Waals surface area (Å²) in [4.78, 5) is 26.6. The molecule has 2 aromatic heterocycles. The van der Waals surface area contributed by atoms with Crippen LogP contribution >= 0.6 is 11.3 Å². The van der Waals surface area contributed by atoms with Crippen LogP contribution in [-0.2, 0) is 4.79 Å². The summed E-state index contributed by atoms with van der Waals surface area (Å²) in [6.45, 7) is 1.84. The van der Waals surface area contributed by atoms with Crippen LogP contribution in [-0.4, -0.2) is 15.8 Å². The standard InChI is InChI=1S/C17H13N3O4S/c1-11-10-25-17(18-11)19-16(21)9-7-12-6-8-15(24-12)13-4-2-3-5-14(13)20(22)23/h2-10H,1H3,(H,18,19,21). The van der Waals surface area contributed by atoms with E-state index in [1.165, 1.54) is 29.6 Å². The summed E-state index contributed by atoms with van der Waals surface area (Å²) < 4.78 is 5.58. The minimum Gasteiger partial charge on any atom is -0.456 e. The lowest BCUT2D eigenvalue weighted by molar-refractivity contribution is -0.384. The average molecular weight is 355 g/mol. The molecule has 0 saturated carbocycles. The number of hydrogen-bond donors (Lipinski definition) is 1. The Morgan fingerprint density at radius 1 is 1.32 bits per heavy atom. The number of thiazole rings is 1. The van der Waals surface area contributed by atoms with Crippen molar-refractivity contribution < 1.29 is 14.1 Å². The molecule has 2 heterocycles. The summed E-state index contributed by atoms with van der Waals surface area (Å²) in [5.41, 5.74) is 1.18. The molecule has 0 spiro atoms. The van der Waals surface area contributed by atoms with Gasteiger partial charge >= 0.3 is 0 Å². The molecule has 3 rings (SSSR count). The van der Waals surface area contributed by atoms with Crippen LogP contribution in [0.4, 0.5) is 10.8 Å². The van der Waals surface area contributed by atoms with Crippen molar-refractivity contribution in [2.75, 3.05) is 5.32 Å². The Kier molecular flexibility index (Phi) is 4.71. The van der Waals surface area contributed by atoms with Gasteiger partial charge in [-0.1, -0.05) is 12.1 Å². The number of carbonyl (C=O) groups is 1. The highest BCUT2D eigenvalue weighted by Crippen LogP contribution is 2.31. The number of para-hydroxylation sites is 1. The monoisotopic (exact) mass is 355 g/mol. The van der Waals surface area contributed by atoms with Crippen LogP contribution in [0.2, 0.25) is 0 Å². The fourth-order valence-electron chi connectivity index (χ4n) is 2.14. The third-order valence-electron chi connectivity index (χ3n) is 3.24. The SMILES string of the molecule is Cc1csc(NC(=O)C=Cc2ccc(-c3ccccc3[N+](=O)[O-])o2)n1. The molecule has 0 atom stereocenters.